The lowest BCUT2D eigenvalue weighted by molar-refractivity contribution is 0.103. The topological polar surface area (TPSA) is 80.0 Å². The molecular weight excluding hydrogens is 344 g/mol. The molecule has 8 heteroatoms. The number of nitrogens with zero attached hydrogens (tertiary/aromatic N) is 2. The molecule has 120 valence electrons. The van der Waals surface area contributed by atoms with Gasteiger partial charge in [-0.2, -0.15) is 0 Å². The second kappa shape index (κ2) is 6.42. The molecule has 0 radical (unpaired) electrons. The highest BCUT2D eigenvalue weighted by atomic mass is 32.1. The molecule has 3 aromatic heterocycles. The average Bonchev–Trinajstić information content (AvgIpc) is 3.33. The molecule has 24 heavy (non-hydrogen) atoms. The molecule has 0 saturated carbocycles. The molecule has 0 spiro atoms. The Kier molecular flexibility index (Phi) is 3.97. The van der Waals surface area contributed by atoms with Crippen LogP contribution in [0.2, 0.25) is 0 Å². The zero-order chi connectivity index (χ0) is 16.4. The van der Waals surface area contributed by atoms with Crippen LogP contribution >= 0.6 is 22.7 Å². The van der Waals surface area contributed by atoms with E-state index < -0.39 is 0 Å². The highest BCUT2D eigenvalue weighted by Crippen LogP contribution is 2.27. The van der Waals surface area contributed by atoms with E-state index in [1.807, 2.05) is 42.5 Å². The van der Waals surface area contributed by atoms with E-state index in [2.05, 4.69) is 20.8 Å². The third kappa shape index (κ3) is 3.15. The molecule has 0 saturated heterocycles. The van der Waals surface area contributed by atoms with Crippen LogP contribution in [0.15, 0.2) is 53.1 Å². The fourth-order valence-electron chi connectivity index (χ4n) is 2.17. The van der Waals surface area contributed by atoms with Gasteiger partial charge in [0.25, 0.3) is 5.91 Å². The van der Waals surface area contributed by atoms with Crippen LogP contribution in [0.3, 0.4) is 0 Å². The number of hydrogen-bond donors (Lipinski definition) is 2. The van der Waals surface area contributed by atoms with Gasteiger partial charge in [-0.1, -0.05) is 29.5 Å². The van der Waals surface area contributed by atoms with Gasteiger partial charge in [0, 0.05) is 4.70 Å². The van der Waals surface area contributed by atoms with Gasteiger partial charge in [-0.05, 0) is 29.7 Å². The Morgan fingerprint density at radius 1 is 1.08 bits per heavy atom. The van der Waals surface area contributed by atoms with E-state index in [1.54, 1.807) is 6.26 Å². The summed E-state index contributed by atoms with van der Waals surface area (Å²) < 4.78 is 6.32. The summed E-state index contributed by atoms with van der Waals surface area (Å²) in [6.45, 7) is 0.520. The number of hydrogen-bond acceptors (Lipinski definition) is 7. The van der Waals surface area contributed by atoms with Crippen molar-refractivity contribution in [3.63, 3.8) is 0 Å². The molecule has 1 amide bonds. The third-order valence-electron chi connectivity index (χ3n) is 3.29. The summed E-state index contributed by atoms with van der Waals surface area (Å²) in [6, 6.07) is 13.5. The standard InChI is InChI=1S/C16H12N4O2S2/c21-14(13-8-10-4-1-2-6-12(10)23-13)18-16-20-19-15(24-16)17-9-11-5-3-7-22-11/h1-8H,9H2,(H,17,19)(H,18,20,21). The molecule has 0 fully saturated rings. The summed E-state index contributed by atoms with van der Waals surface area (Å²) in [4.78, 5) is 13.0. The maximum absolute atomic E-state index is 12.3. The highest BCUT2D eigenvalue weighted by molar-refractivity contribution is 7.21. The molecule has 4 aromatic rings. The molecule has 0 aliphatic heterocycles. The van der Waals surface area contributed by atoms with E-state index in [0.29, 0.717) is 21.7 Å². The van der Waals surface area contributed by atoms with Crippen molar-refractivity contribution in [3.8, 4) is 0 Å². The van der Waals surface area contributed by atoms with Crippen LogP contribution in [0.1, 0.15) is 15.4 Å². The molecule has 0 bridgehead atoms. The number of rotatable bonds is 5. The number of fused-ring (bicyclic) bond motifs is 1. The lowest BCUT2D eigenvalue weighted by Crippen LogP contribution is -2.09. The first-order valence-corrected chi connectivity index (χ1v) is 8.81. The van der Waals surface area contributed by atoms with Gasteiger partial charge in [0.2, 0.25) is 10.3 Å². The number of furan rings is 1. The summed E-state index contributed by atoms with van der Waals surface area (Å²) in [6.07, 6.45) is 1.62. The van der Waals surface area contributed by atoms with Crippen LogP contribution in [0.5, 0.6) is 0 Å². The van der Waals surface area contributed by atoms with Crippen LogP contribution in [0.25, 0.3) is 10.1 Å². The van der Waals surface area contributed by atoms with Gasteiger partial charge in [0.15, 0.2) is 0 Å². The summed E-state index contributed by atoms with van der Waals surface area (Å²) in [7, 11) is 0. The second-order valence-electron chi connectivity index (χ2n) is 4.95. The van der Waals surface area contributed by atoms with Gasteiger partial charge < -0.3 is 9.73 Å². The normalized spacial score (nSPS) is 10.8. The maximum Gasteiger partial charge on any atom is 0.267 e. The van der Waals surface area contributed by atoms with Gasteiger partial charge in [0.05, 0.1) is 17.7 Å². The zero-order valence-electron chi connectivity index (χ0n) is 12.4. The molecule has 4 rings (SSSR count). The molecule has 0 unspecified atom stereocenters. The number of anilines is 2. The predicted octanol–water partition coefficient (Wildman–Crippen LogP) is 4.21. The first-order valence-electron chi connectivity index (χ1n) is 7.17. The quantitative estimate of drug-likeness (QED) is 0.560. The molecule has 0 aliphatic carbocycles. The average molecular weight is 356 g/mol. The highest BCUT2D eigenvalue weighted by Gasteiger charge is 2.13. The largest absolute Gasteiger partial charge is 0.467 e. The van der Waals surface area contributed by atoms with E-state index in [0.717, 1.165) is 15.8 Å². The predicted molar refractivity (Wildman–Crippen MR) is 95.7 cm³/mol. The number of aromatic nitrogens is 2. The van der Waals surface area contributed by atoms with Gasteiger partial charge >= 0.3 is 0 Å². The van der Waals surface area contributed by atoms with Crippen molar-refractivity contribution in [2.45, 2.75) is 6.54 Å². The number of benzene rings is 1. The van der Waals surface area contributed by atoms with E-state index in [4.69, 9.17) is 4.42 Å². The Morgan fingerprint density at radius 2 is 1.96 bits per heavy atom. The van der Waals surface area contributed by atoms with Crippen molar-refractivity contribution in [2.75, 3.05) is 10.6 Å². The smallest absolute Gasteiger partial charge is 0.267 e. The van der Waals surface area contributed by atoms with Crippen molar-refractivity contribution in [3.05, 3.63) is 59.4 Å². The second-order valence-corrected chi connectivity index (χ2v) is 7.01. The van der Waals surface area contributed by atoms with Crippen molar-refractivity contribution < 1.29 is 9.21 Å². The number of carbonyl (C=O) groups is 1. The van der Waals surface area contributed by atoms with Gasteiger partial charge in [-0.15, -0.1) is 21.5 Å². The Balaban J connectivity index is 1.42. The third-order valence-corrected chi connectivity index (χ3v) is 5.20. The Labute approximate surface area is 145 Å². The molecule has 3 heterocycles. The minimum Gasteiger partial charge on any atom is -0.467 e. The van der Waals surface area contributed by atoms with Crippen molar-refractivity contribution in [2.24, 2.45) is 0 Å². The van der Waals surface area contributed by atoms with Gasteiger partial charge in [0.1, 0.15) is 5.76 Å². The van der Waals surface area contributed by atoms with E-state index in [9.17, 15) is 4.79 Å². The van der Waals surface area contributed by atoms with Crippen molar-refractivity contribution in [1.29, 1.82) is 0 Å². The number of carbonyl (C=O) groups excluding carboxylic acids is 1. The fourth-order valence-corrected chi connectivity index (χ4v) is 3.77. The van der Waals surface area contributed by atoms with Crippen molar-refractivity contribution in [1.82, 2.24) is 10.2 Å². The van der Waals surface area contributed by atoms with Crippen molar-refractivity contribution >= 4 is 48.9 Å². The maximum atomic E-state index is 12.3. The number of amides is 1. The van der Waals surface area contributed by atoms with E-state index >= 15 is 0 Å². The number of thiophene rings is 1. The molecule has 0 atom stereocenters. The summed E-state index contributed by atoms with van der Waals surface area (Å²) in [5.74, 6) is 0.631. The summed E-state index contributed by atoms with van der Waals surface area (Å²) >= 11 is 2.74. The summed E-state index contributed by atoms with van der Waals surface area (Å²) in [5, 5.41) is 16.0. The first kappa shape index (κ1) is 14.9. The zero-order valence-corrected chi connectivity index (χ0v) is 14.0. The molecule has 1 aromatic carbocycles. The van der Waals surface area contributed by atoms with Gasteiger partial charge in [-0.25, -0.2) is 0 Å². The molecular formula is C16H12N4O2S2. The monoisotopic (exact) mass is 356 g/mol. The Hall–Kier alpha value is -2.71. The Bertz CT molecular complexity index is 942. The lowest BCUT2D eigenvalue weighted by atomic mass is 10.2. The van der Waals surface area contributed by atoms with Gasteiger partial charge in [-0.3, -0.25) is 10.1 Å². The minimum absolute atomic E-state index is 0.176. The molecule has 6 nitrogen and oxygen atoms in total. The fraction of sp³-hybridized carbons (Fsp3) is 0.0625. The van der Waals surface area contributed by atoms with Crippen LogP contribution < -0.4 is 10.6 Å². The molecule has 2 N–H and O–H groups in total. The first-order chi connectivity index (χ1) is 11.8. The minimum atomic E-state index is -0.176. The summed E-state index contributed by atoms with van der Waals surface area (Å²) in [5.41, 5.74) is 0. The Morgan fingerprint density at radius 3 is 2.79 bits per heavy atom. The van der Waals surface area contributed by atoms with E-state index in [1.165, 1.54) is 22.7 Å². The van der Waals surface area contributed by atoms with Crippen LogP contribution in [0.4, 0.5) is 10.3 Å². The van der Waals surface area contributed by atoms with Crippen LogP contribution in [0, 0.1) is 0 Å². The van der Waals surface area contributed by atoms with E-state index in [-0.39, 0.29) is 5.91 Å². The number of nitrogens with one attached hydrogen (secondary N) is 2. The van der Waals surface area contributed by atoms with Crippen LogP contribution in [-0.4, -0.2) is 16.1 Å². The van der Waals surface area contributed by atoms with Crippen LogP contribution in [-0.2, 0) is 6.54 Å². The SMILES string of the molecule is O=C(Nc1nnc(NCc2ccco2)s1)c1cc2ccccc2s1. The molecule has 0 aliphatic rings. The lowest BCUT2D eigenvalue weighted by Gasteiger charge is -1.98.